The van der Waals surface area contributed by atoms with Gasteiger partial charge in [-0.15, -0.1) is 0 Å². The molecule has 1 unspecified atom stereocenters. The van der Waals surface area contributed by atoms with Crippen molar-refractivity contribution in [1.29, 1.82) is 0 Å². The predicted molar refractivity (Wildman–Crippen MR) is 71.9 cm³/mol. The van der Waals surface area contributed by atoms with E-state index in [1.807, 2.05) is 6.07 Å². The van der Waals surface area contributed by atoms with Crippen LogP contribution in [0.5, 0.6) is 5.75 Å². The van der Waals surface area contributed by atoms with Gasteiger partial charge in [-0.25, -0.2) is 0 Å². The summed E-state index contributed by atoms with van der Waals surface area (Å²) in [6, 6.07) is 6.32. The Labute approximate surface area is 104 Å². The molecule has 1 heterocycles. The molecule has 0 radical (unpaired) electrons. The van der Waals surface area contributed by atoms with Gasteiger partial charge in [0.25, 0.3) is 0 Å². The van der Waals surface area contributed by atoms with Gasteiger partial charge in [0.1, 0.15) is 5.75 Å². The lowest BCUT2D eigenvalue weighted by Crippen LogP contribution is -2.34. The first-order valence-electron chi connectivity index (χ1n) is 6.18. The molecule has 0 spiro atoms. The number of rotatable bonds is 3. The van der Waals surface area contributed by atoms with E-state index in [0.717, 1.165) is 12.3 Å². The van der Waals surface area contributed by atoms with Crippen molar-refractivity contribution in [2.24, 2.45) is 0 Å². The van der Waals surface area contributed by atoms with Gasteiger partial charge >= 0.3 is 0 Å². The Morgan fingerprint density at radius 1 is 1.35 bits per heavy atom. The summed E-state index contributed by atoms with van der Waals surface area (Å²) < 4.78 is 5.35. The summed E-state index contributed by atoms with van der Waals surface area (Å²) in [5, 5.41) is 3.61. The fraction of sp³-hybridized carbons (Fsp3) is 0.571. The number of nitrogens with zero attached hydrogens (tertiary/aromatic N) is 1. The van der Waals surface area contributed by atoms with E-state index in [0.29, 0.717) is 0 Å². The third-order valence-corrected chi connectivity index (χ3v) is 3.65. The van der Waals surface area contributed by atoms with Gasteiger partial charge in [0.15, 0.2) is 0 Å². The summed E-state index contributed by atoms with van der Waals surface area (Å²) in [6.07, 6.45) is 2.42. The van der Waals surface area contributed by atoms with Crippen molar-refractivity contribution in [3.8, 4) is 5.75 Å². The zero-order valence-electron chi connectivity index (χ0n) is 11.2. The van der Waals surface area contributed by atoms with Crippen LogP contribution in [0.25, 0.3) is 0 Å². The molecule has 1 saturated heterocycles. The maximum Gasteiger partial charge on any atom is 0.119 e. The van der Waals surface area contributed by atoms with Gasteiger partial charge < -0.3 is 15.0 Å². The summed E-state index contributed by atoms with van der Waals surface area (Å²) >= 11 is 0. The molecule has 1 aromatic rings. The van der Waals surface area contributed by atoms with Gasteiger partial charge in [0, 0.05) is 25.3 Å². The number of benzene rings is 1. The third-order valence-electron chi connectivity index (χ3n) is 3.65. The minimum Gasteiger partial charge on any atom is -0.497 e. The standard InChI is InChI=1S/C14H22N2O/c1-14(8-5-9-15-14)12-10-11(17-4)6-7-13(12)16(2)3/h6-7,10,15H,5,8-9H2,1-4H3. The molecule has 1 aliphatic rings. The number of anilines is 1. The highest BCUT2D eigenvalue weighted by atomic mass is 16.5. The highest BCUT2D eigenvalue weighted by Crippen LogP contribution is 2.38. The van der Waals surface area contributed by atoms with Crippen LogP contribution < -0.4 is 15.0 Å². The quantitative estimate of drug-likeness (QED) is 0.869. The largest absolute Gasteiger partial charge is 0.497 e. The summed E-state index contributed by atoms with van der Waals surface area (Å²) in [4.78, 5) is 2.17. The van der Waals surface area contributed by atoms with Gasteiger partial charge in [-0.1, -0.05) is 0 Å². The maximum atomic E-state index is 5.35. The average Bonchev–Trinajstić information content (AvgIpc) is 2.76. The van der Waals surface area contributed by atoms with Gasteiger partial charge in [0.05, 0.1) is 7.11 Å². The van der Waals surface area contributed by atoms with Gasteiger partial charge in [0.2, 0.25) is 0 Å². The molecule has 0 aliphatic carbocycles. The molecule has 1 atom stereocenters. The Hall–Kier alpha value is -1.22. The average molecular weight is 234 g/mol. The van der Waals surface area contributed by atoms with Crippen LogP contribution in [0.4, 0.5) is 5.69 Å². The smallest absolute Gasteiger partial charge is 0.119 e. The fourth-order valence-corrected chi connectivity index (χ4v) is 2.60. The molecule has 0 amide bonds. The first kappa shape index (κ1) is 12.2. The van der Waals surface area contributed by atoms with Crippen molar-refractivity contribution in [3.63, 3.8) is 0 Å². The van der Waals surface area contributed by atoms with Crippen LogP contribution in [0.1, 0.15) is 25.3 Å². The van der Waals surface area contributed by atoms with E-state index in [1.54, 1.807) is 7.11 Å². The fourth-order valence-electron chi connectivity index (χ4n) is 2.60. The molecule has 2 rings (SSSR count). The third kappa shape index (κ3) is 2.25. The van der Waals surface area contributed by atoms with Crippen molar-refractivity contribution >= 4 is 5.69 Å². The van der Waals surface area contributed by atoms with Crippen molar-refractivity contribution in [2.45, 2.75) is 25.3 Å². The predicted octanol–water partition coefficient (Wildman–Crippen LogP) is 2.36. The van der Waals surface area contributed by atoms with E-state index in [-0.39, 0.29) is 5.54 Å². The second kappa shape index (κ2) is 4.57. The van der Waals surface area contributed by atoms with Crippen LogP contribution in [-0.4, -0.2) is 27.7 Å². The van der Waals surface area contributed by atoms with Crippen molar-refractivity contribution in [3.05, 3.63) is 23.8 Å². The summed E-state index contributed by atoms with van der Waals surface area (Å²) in [5.74, 6) is 0.931. The number of hydrogen-bond donors (Lipinski definition) is 1. The molecule has 3 heteroatoms. The van der Waals surface area contributed by atoms with Crippen LogP contribution in [0, 0.1) is 0 Å². The van der Waals surface area contributed by atoms with Gasteiger partial charge in [-0.05, 0) is 50.1 Å². The van der Waals surface area contributed by atoms with Crippen LogP contribution >= 0.6 is 0 Å². The summed E-state index contributed by atoms with van der Waals surface area (Å²) in [7, 11) is 5.89. The van der Waals surface area contributed by atoms with E-state index in [4.69, 9.17) is 4.74 Å². The Morgan fingerprint density at radius 3 is 2.65 bits per heavy atom. The van der Waals surface area contributed by atoms with Crippen molar-refractivity contribution in [1.82, 2.24) is 5.32 Å². The molecule has 1 aromatic carbocycles. The SMILES string of the molecule is COc1ccc(N(C)C)c(C2(C)CCCN2)c1. The molecule has 94 valence electrons. The van der Waals surface area contributed by atoms with E-state index in [9.17, 15) is 0 Å². The molecule has 0 bridgehead atoms. The lowest BCUT2D eigenvalue weighted by molar-refractivity contribution is 0.404. The minimum atomic E-state index is 0.0775. The van der Waals surface area contributed by atoms with Crippen LogP contribution in [-0.2, 0) is 5.54 Å². The second-order valence-corrected chi connectivity index (χ2v) is 5.14. The van der Waals surface area contributed by atoms with Gasteiger partial charge in [-0.3, -0.25) is 0 Å². The van der Waals surface area contributed by atoms with Gasteiger partial charge in [-0.2, -0.15) is 0 Å². The lowest BCUT2D eigenvalue weighted by Gasteiger charge is -2.30. The van der Waals surface area contributed by atoms with E-state index in [2.05, 4.69) is 43.4 Å². The van der Waals surface area contributed by atoms with E-state index < -0.39 is 0 Å². The molecule has 1 N–H and O–H groups in total. The molecule has 17 heavy (non-hydrogen) atoms. The lowest BCUT2D eigenvalue weighted by atomic mass is 9.88. The minimum absolute atomic E-state index is 0.0775. The first-order chi connectivity index (χ1) is 8.07. The first-order valence-corrected chi connectivity index (χ1v) is 6.18. The summed E-state index contributed by atoms with van der Waals surface area (Å²) in [6.45, 7) is 3.38. The molecule has 1 aliphatic heterocycles. The molecular weight excluding hydrogens is 212 g/mol. The normalized spacial score (nSPS) is 23.8. The number of nitrogens with one attached hydrogen (secondary N) is 1. The second-order valence-electron chi connectivity index (χ2n) is 5.14. The number of ether oxygens (including phenoxy) is 1. The monoisotopic (exact) mass is 234 g/mol. The van der Waals surface area contributed by atoms with Crippen LogP contribution in [0.3, 0.4) is 0 Å². The zero-order chi connectivity index (χ0) is 12.5. The highest BCUT2D eigenvalue weighted by Gasteiger charge is 2.32. The van der Waals surface area contributed by atoms with Crippen molar-refractivity contribution in [2.75, 3.05) is 32.6 Å². The molecule has 0 aromatic heterocycles. The zero-order valence-corrected chi connectivity index (χ0v) is 11.2. The number of methoxy groups -OCH3 is 1. The number of hydrogen-bond acceptors (Lipinski definition) is 3. The molecular formula is C14H22N2O. The topological polar surface area (TPSA) is 24.5 Å². The van der Waals surface area contributed by atoms with E-state index >= 15 is 0 Å². The Kier molecular flexibility index (Phi) is 3.29. The Morgan fingerprint density at radius 2 is 2.12 bits per heavy atom. The Bertz CT molecular complexity index is 395. The maximum absolute atomic E-state index is 5.35. The molecule has 1 fully saturated rings. The molecule has 3 nitrogen and oxygen atoms in total. The Balaban J connectivity index is 2.48. The highest BCUT2D eigenvalue weighted by molar-refractivity contribution is 5.58. The van der Waals surface area contributed by atoms with Crippen LogP contribution in [0.2, 0.25) is 0 Å². The van der Waals surface area contributed by atoms with Crippen LogP contribution in [0.15, 0.2) is 18.2 Å². The van der Waals surface area contributed by atoms with Crippen molar-refractivity contribution < 1.29 is 4.74 Å². The summed E-state index contributed by atoms with van der Waals surface area (Å²) in [5.41, 5.74) is 2.68. The van der Waals surface area contributed by atoms with E-state index in [1.165, 1.54) is 24.1 Å². The molecule has 0 saturated carbocycles.